The summed E-state index contributed by atoms with van der Waals surface area (Å²) in [5.41, 5.74) is 6.80. The molecule has 0 saturated carbocycles. The summed E-state index contributed by atoms with van der Waals surface area (Å²) in [5, 5.41) is 2.80. The van der Waals surface area contributed by atoms with Gasteiger partial charge in [0, 0.05) is 37.8 Å². The minimum Gasteiger partial charge on any atom is -0.489 e. The highest BCUT2D eigenvalue weighted by Gasteiger charge is 2.28. The van der Waals surface area contributed by atoms with Crippen LogP contribution in [0, 0.1) is 11.7 Å². The third-order valence-corrected chi connectivity index (χ3v) is 4.90. The van der Waals surface area contributed by atoms with Gasteiger partial charge in [-0.15, -0.1) is 0 Å². The van der Waals surface area contributed by atoms with E-state index in [1.54, 1.807) is 35.2 Å². The average molecular weight is 399 g/mol. The zero-order chi connectivity index (χ0) is 20.6. The first-order valence-electron chi connectivity index (χ1n) is 9.81. The van der Waals surface area contributed by atoms with Gasteiger partial charge in [-0.2, -0.15) is 0 Å². The van der Waals surface area contributed by atoms with Crippen molar-refractivity contribution in [2.45, 2.75) is 19.4 Å². The van der Waals surface area contributed by atoms with Crippen LogP contribution in [0.25, 0.3) is 0 Å². The van der Waals surface area contributed by atoms with Crippen molar-refractivity contribution in [2.75, 3.05) is 26.2 Å². The number of rotatable bonds is 7. The van der Waals surface area contributed by atoms with Gasteiger partial charge in [-0.1, -0.05) is 18.2 Å². The monoisotopic (exact) mass is 399 g/mol. The summed E-state index contributed by atoms with van der Waals surface area (Å²) in [7, 11) is 0. The highest BCUT2D eigenvalue weighted by Crippen LogP contribution is 2.20. The molecule has 0 bridgehead atoms. The molecule has 3 rings (SSSR count). The van der Waals surface area contributed by atoms with Crippen molar-refractivity contribution in [3.05, 3.63) is 65.5 Å². The summed E-state index contributed by atoms with van der Waals surface area (Å²) in [6.07, 6.45) is 1.55. The van der Waals surface area contributed by atoms with Crippen LogP contribution in [-0.2, 0) is 11.4 Å². The molecule has 3 N–H and O–H groups in total. The summed E-state index contributed by atoms with van der Waals surface area (Å²) in [6, 6.07) is 13.1. The minimum absolute atomic E-state index is 0.0507. The maximum atomic E-state index is 13.3. The number of nitrogens with two attached hydrogens (primary N) is 1. The second kappa shape index (κ2) is 10.0. The van der Waals surface area contributed by atoms with Crippen LogP contribution < -0.4 is 15.8 Å². The molecule has 154 valence electrons. The molecular formula is C22H26FN3O3. The van der Waals surface area contributed by atoms with Gasteiger partial charge in [0.25, 0.3) is 5.91 Å². The standard InChI is InChI=1S/C22H26FN3O3/c23-19-7-2-8-20(13-19)29-15-16-4-1-5-17(12-16)22(28)26-11-3-6-18(14-26)21(27)25-10-9-24/h1-2,4-5,7-8,12-13,18H,3,6,9-11,14-15,24H2,(H,25,27). The molecule has 2 amide bonds. The molecule has 1 unspecified atom stereocenters. The molecule has 1 heterocycles. The Labute approximate surface area is 169 Å². The normalized spacial score (nSPS) is 16.3. The lowest BCUT2D eigenvalue weighted by Crippen LogP contribution is -2.46. The molecule has 7 heteroatoms. The van der Waals surface area contributed by atoms with E-state index in [2.05, 4.69) is 5.32 Å². The van der Waals surface area contributed by atoms with Gasteiger partial charge in [0.15, 0.2) is 0 Å². The second-order valence-electron chi connectivity index (χ2n) is 7.12. The first-order valence-corrected chi connectivity index (χ1v) is 9.81. The minimum atomic E-state index is -0.360. The second-order valence-corrected chi connectivity index (χ2v) is 7.12. The lowest BCUT2D eigenvalue weighted by Gasteiger charge is -2.32. The molecule has 1 saturated heterocycles. The van der Waals surface area contributed by atoms with Crippen molar-refractivity contribution >= 4 is 11.8 Å². The Balaban J connectivity index is 1.61. The topological polar surface area (TPSA) is 84.7 Å². The fraction of sp³-hybridized carbons (Fsp3) is 0.364. The van der Waals surface area contributed by atoms with E-state index in [4.69, 9.17) is 10.5 Å². The summed E-state index contributed by atoms with van der Waals surface area (Å²) in [6.45, 7) is 2.10. The number of halogens is 1. The fourth-order valence-electron chi connectivity index (χ4n) is 3.42. The van der Waals surface area contributed by atoms with Gasteiger partial charge in [0.05, 0.1) is 5.92 Å². The first-order chi connectivity index (χ1) is 14.1. The predicted molar refractivity (Wildman–Crippen MR) is 108 cm³/mol. The number of hydrogen-bond acceptors (Lipinski definition) is 4. The van der Waals surface area contributed by atoms with Crippen LogP contribution >= 0.6 is 0 Å². The van der Waals surface area contributed by atoms with Gasteiger partial charge in [-0.25, -0.2) is 4.39 Å². The maximum absolute atomic E-state index is 13.3. The summed E-state index contributed by atoms with van der Waals surface area (Å²) in [4.78, 5) is 26.9. The number of carbonyl (C=O) groups excluding carboxylic acids is 2. The van der Waals surface area contributed by atoms with E-state index in [1.807, 2.05) is 6.07 Å². The molecule has 1 fully saturated rings. The Morgan fingerprint density at radius 1 is 1.21 bits per heavy atom. The molecule has 0 radical (unpaired) electrons. The molecule has 29 heavy (non-hydrogen) atoms. The molecule has 2 aromatic rings. The van der Waals surface area contributed by atoms with E-state index in [-0.39, 0.29) is 30.2 Å². The smallest absolute Gasteiger partial charge is 0.253 e. The van der Waals surface area contributed by atoms with Crippen molar-refractivity contribution in [1.29, 1.82) is 0 Å². The lowest BCUT2D eigenvalue weighted by molar-refractivity contribution is -0.126. The Morgan fingerprint density at radius 2 is 2.03 bits per heavy atom. The number of amides is 2. The number of ether oxygens (including phenoxy) is 1. The molecule has 0 aromatic heterocycles. The number of hydrogen-bond donors (Lipinski definition) is 2. The zero-order valence-electron chi connectivity index (χ0n) is 16.3. The Bertz CT molecular complexity index is 859. The number of nitrogens with one attached hydrogen (secondary N) is 1. The average Bonchev–Trinajstić information content (AvgIpc) is 2.76. The Morgan fingerprint density at radius 3 is 2.83 bits per heavy atom. The molecule has 6 nitrogen and oxygen atoms in total. The van der Waals surface area contributed by atoms with Gasteiger partial charge in [-0.05, 0) is 42.7 Å². The van der Waals surface area contributed by atoms with Crippen molar-refractivity contribution in [1.82, 2.24) is 10.2 Å². The Kier molecular flexibility index (Phi) is 7.19. The molecular weight excluding hydrogens is 373 g/mol. The van der Waals surface area contributed by atoms with Crippen LogP contribution in [-0.4, -0.2) is 42.9 Å². The van der Waals surface area contributed by atoms with Gasteiger partial charge < -0.3 is 20.7 Å². The molecule has 0 spiro atoms. The van der Waals surface area contributed by atoms with Crippen LogP contribution in [0.5, 0.6) is 5.75 Å². The van der Waals surface area contributed by atoms with E-state index < -0.39 is 0 Å². The van der Waals surface area contributed by atoms with Crippen LogP contribution in [0.3, 0.4) is 0 Å². The quantitative estimate of drug-likeness (QED) is 0.748. The van der Waals surface area contributed by atoms with Crippen molar-refractivity contribution in [3.8, 4) is 5.75 Å². The summed E-state index contributed by atoms with van der Waals surface area (Å²) in [5.74, 6) is -0.288. The largest absolute Gasteiger partial charge is 0.489 e. The number of likely N-dealkylation sites (tertiary alicyclic amines) is 1. The van der Waals surface area contributed by atoms with Crippen LogP contribution in [0.4, 0.5) is 4.39 Å². The van der Waals surface area contributed by atoms with Gasteiger partial charge in [0.1, 0.15) is 18.2 Å². The zero-order valence-corrected chi connectivity index (χ0v) is 16.3. The molecule has 2 aromatic carbocycles. The summed E-state index contributed by atoms with van der Waals surface area (Å²) < 4.78 is 18.9. The number of carbonyl (C=O) groups is 2. The lowest BCUT2D eigenvalue weighted by atomic mass is 9.96. The predicted octanol–water partition coefficient (Wildman–Crippen LogP) is 2.33. The molecule has 0 aliphatic carbocycles. The maximum Gasteiger partial charge on any atom is 0.253 e. The van der Waals surface area contributed by atoms with E-state index in [1.165, 1.54) is 12.1 Å². The van der Waals surface area contributed by atoms with Crippen molar-refractivity contribution < 1.29 is 18.7 Å². The molecule has 1 aliphatic heterocycles. The van der Waals surface area contributed by atoms with Crippen molar-refractivity contribution in [2.24, 2.45) is 11.7 Å². The number of nitrogens with zero attached hydrogens (tertiary/aromatic N) is 1. The summed E-state index contributed by atoms with van der Waals surface area (Å²) >= 11 is 0. The molecule has 1 atom stereocenters. The number of benzene rings is 2. The third kappa shape index (κ3) is 5.77. The Hall–Kier alpha value is -2.93. The van der Waals surface area contributed by atoms with Gasteiger partial charge in [-0.3, -0.25) is 9.59 Å². The molecule has 1 aliphatic rings. The first kappa shape index (κ1) is 20.8. The van der Waals surface area contributed by atoms with Crippen LogP contribution in [0.1, 0.15) is 28.8 Å². The SMILES string of the molecule is NCCNC(=O)C1CCCN(C(=O)c2cccc(COc3cccc(F)c3)c2)C1. The van der Waals surface area contributed by atoms with E-state index in [9.17, 15) is 14.0 Å². The number of piperidine rings is 1. The fourth-order valence-corrected chi connectivity index (χ4v) is 3.42. The highest BCUT2D eigenvalue weighted by atomic mass is 19.1. The highest BCUT2D eigenvalue weighted by molar-refractivity contribution is 5.95. The van der Waals surface area contributed by atoms with E-state index in [0.29, 0.717) is 37.5 Å². The third-order valence-electron chi connectivity index (χ3n) is 4.90. The van der Waals surface area contributed by atoms with Gasteiger partial charge in [0.2, 0.25) is 5.91 Å². The van der Waals surface area contributed by atoms with Crippen molar-refractivity contribution in [3.63, 3.8) is 0 Å². The van der Waals surface area contributed by atoms with Gasteiger partial charge >= 0.3 is 0 Å². The van der Waals surface area contributed by atoms with E-state index >= 15 is 0 Å². The van der Waals surface area contributed by atoms with E-state index in [0.717, 1.165) is 18.4 Å². The van der Waals surface area contributed by atoms with Crippen LogP contribution in [0.15, 0.2) is 48.5 Å². The van der Waals surface area contributed by atoms with Crippen LogP contribution in [0.2, 0.25) is 0 Å².